The number of hydrogen-bond donors (Lipinski definition) is 1. The van der Waals surface area contributed by atoms with E-state index in [0.29, 0.717) is 11.4 Å². The number of anilines is 2. The number of hydrogen-bond acceptors (Lipinski definition) is 7. The van der Waals surface area contributed by atoms with Crippen molar-refractivity contribution in [3.05, 3.63) is 54.3 Å². The van der Waals surface area contributed by atoms with Gasteiger partial charge in [-0.05, 0) is 42.5 Å². The Hall–Kier alpha value is -3.82. The Balaban J connectivity index is 1.48. The molecule has 0 spiro atoms. The Bertz CT molecular complexity index is 1010. The van der Waals surface area contributed by atoms with Crippen molar-refractivity contribution in [2.75, 3.05) is 23.9 Å². The van der Waals surface area contributed by atoms with Crippen LogP contribution in [0.15, 0.2) is 58.9 Å². The standard InChI is InChI=1S/C19H16FN5O4/c1-29-14-7-5-13(6-8-14)25-18(27)16-17(19(25)28)24(23-22-16)10-15(26)21-12-4-2-3-11(20)9-12/h2-9,16-17H,10H2,1H3,(H,21,26)/t16-,17-/m1/s1. The van der Waals surface area contributed by atoms with Crippen LogP contribution in [-0.4, -0.2) is 48.5 Å². The number of carbonyl (C=O) groups excluding carboxylic acids is 3. The van der Waals surface area contributed by atoms with Crippen molar-refractivity contribution in [3.8, 4) is 5.75 Å². The summed E-state index contributed by atoms with van der Waals surface area (Å²) in [7, 11) is 1.51. The molecule has 1 fully saturated rings. The van der Waals surface area contributed by atoms with Crippen LogP contribution in [0, 0.1) is 5.82 Å². The second-order valence-corrected chi connectivity index (χ2v) is 6.46. The Kier molecular flexibility index (Phi) is 4.67. The molecule has 0 saturated carbocycles. The normalized spacial score (nSPS) is 20.2. The maximum atomic E-state index is 13.3. The lowest BCUT2D eigenvalue weighted by Gasteiger charge is -2.20. The quantitative estimate of drug-likeness (QED) is 0.775. The van der Waals surface area contributed by atoms with E-state index >= 15 is 0 Å². The highest BCUT2D eigenvalue weighted by atomic mass is 19.1. The van der Waals surface area contributed by atoms with Crippen LogP contribution in [0.2, 0.25) is 0 Å². The fourth-order valence-electron chi connectivity index (χ4n) is 3.25. The van der Waals surface area contributed by atoms with Gasteiger partial charge in [0.25, 0.3) is 11.8 Å². The molecule has 1 N–H and O–H groups in total. The number of carbonyl (C=O) groups is 3. The molecule has 0 radical (unpaired) electrons. The molecule has 2 heterocycles. The number of halogens is 1. The molecule has 0 aromatic heterocycles. The molecule has 0 bridgehead atoms. The highest BCUT2D eigenvalue weighted by Gasteiger charge is 2.55. The monoisotopic (exact) mass is 397 g/mol. The average molecular weight is 397 g/mol. The van der Waals surface area contributed by atoms with Crippen LogP contribution in [0.25, 0.3) is 0 Å². The number of methoxy groups -OCH3 is 1. The van der Waals surface area contributed by atoms with Crippen molar-refractivity contribution in [1.82, 2.24) is 5.01 Å². The van der Waals surface area contributed by atoms with Crippen LogP contribution in [0.1, 0.15) is 0 Å². The number of fused-ring (bicyclic) bond motifs is 1. The van der Waals surface area contributed by atoms with Gasteiger partial charge in [-0.1, -0.05) is 11.3 Å². The minimum absolute atomic E-state index is 0.274. The first-order valence-electron chi connectivity index (χ1n) is 8.72. The molecule has 2 aromatic rings. The lowest BCUT2D eigenvalue weighted by Crippen LogP contribution is -2.43. The summed E-state index contributed by atoms with van der Waals surface area (Å²) in [4.78, 5) is 38.9. The first-order valence-corrected chi connectivity index (χ1v) is 8.72. The zero-order chi connectivity index (χ0) is 20.5. The Labute approximate surface area is 164 Å². The van der Waals surface area contributed by atoms with Gasteiger partial charge in [-0.2, -0.15) is 5.11 Å². The summed E-state index contributed by atoms with van der Waals surface area (Å²) in [5.74, 6) is -1.45. The van der Waals surface area contributed by atoms with Gasteiger partial charge in [0.1, 0.15) is 18.1 Å². The third-order valence-electron chi connectivity index (χ3n) is 4.60. The van der Waals surface area contributed by atoms with Gasteiger partial charge in [0.15, 0.2) is 12.1 Å². The SMILES string of the molecule is COc1ccc(N2C(=O)[C@@H]3N=NN(CC(=O)Nc4cccc(F)c4)[C@H]3C2=O)cc1. The number of nitrogens with one attached hydrogen (secondary N) is 1. The summed E-state index contributed by atoms with van der Waals surface area (Å²) in [6, 6.07) is 9.86. The number of nitrogens with zero attached hydrogens (tertiary/aromatic N) is 4. The summed E-state index contributed by atoms with van der Waals surface area (Å²) in [6.45, 7) is -0.309. The van der Waals surface area contributed by atoms with E-state index in [4.69, 9.17) is 4.74 Å². The average Bonchev–Trinajstić information content (AvgIpc) is 3.22. The Morgan fingerprint density at radius 3 is 2.62 bits per heavy atom. The number of amides is 3. The number of benzene rings is 2. The van der Waals surface area contributed by atoms with Crippen LogP contribution in [0.3, 0.4) is 0 Å². The van der Waals surface area contributed by atoms with E-state index in [-0.39, 0.29) is 12.2 Å². The molecule has 29 heavy (non-hydrogen) atoms. The molecule has 3 amide bonds. The van der Waals surface area contributed by atoms with Gasteiger partial charge < -0.3 is 10.1 Å². The summed E-state index contributed by atoms with van der Waals surface area (Å²) in [6.07, 6.45) is 0. The minimum atomic E-state index is -1.01. The summed E-state index contributed by atoms with van der Waals surface area (Å²) in [5.41, 5.74) is 0.658. The van der Waals surface area contributed by atoms with E-state index in [1.54, 1.807) is 24.3 Å². The van der Waals surface area contributed by atoms with Crippen molar-refractivity contribution < 1.29 is 23.5 Å². The van der Waals surface area contributed by atoms with Crippen LogP contribution in [0.4, 0.5) is 15.8 Å². The lowest BCUT2D eigenvalue weighted by atomic mass is 10.1. The maximum Gasteiger partial charge on any atom is 0.263 e. The molecular weight excluding hydrogens is 381 g/mol. The van der Waals surface area contributed by atoms with Crippen LogP contribution >= 0.6 is 0 Å². The molecule has 2 atom stereocenters. The molecule has 0 unspecified atom stereocenters. The first kappa shape index (κ1) is 18.5. The molecule has 148 valence electrons. The van der Waals surface area contributed by atoms with E-state index in [0.717, 1.165) is 4.90 Å². The van der Waals surface area contributed by atoms with Crippen LogP contribution < -0.4 is 15.0 Å². The molecule has 2 aromatic carbocycles. The van der Waals surface area contributed by atoms with Gasteiger partial charge >= 0.3 is 0 Å². The maximum absolute atomic E-state index is 13.3. The molecule has 2 aliphatic heterocycles. The van der Waals surface area contributed by atoms with Crippen LogP contribution in [-0.2, 0) is 14.4 Å². The van der Waals surface area contributed by atoms with E-state index in [1.165, 1.54) is 36.4 Å². The molecule has 10 heteroatoms. The van der Waals surface area contributed by atoms with Crippen LogP contribution in [0.5, 0.6) is 5.75 Å². The number of ether oxygens (including phenoxy) is 1. The highest BCUT2D eigenvalue weighted by molar-refractivity contribution is 6.25. The fraction of sp³-hybridized carbons (Fsp3) is 0.211. The topological polar surface area (TPSA) is 104 Å². The van der Waals surface area contributed by atoms with Gasteiger partial charge in [-0.3, -0.25) is 19.4 Å². The van der Waals surface area contributed by atoms with Crippen molar-refractivity contribution >= 4 is 29.1 Å². The van der Waals surface area contributed by atoms with E-state index in [2.05, 4.69) is 15.7 Å². The van der Waals surface area contributed by atoms with Gasteiger partial charge in [-0.25, -0.2) is 9.29 Å². The summed E-state index contributed by atoms with van der Waals surface area (Å²) in [5, 5.41) is 11.4. The first-order chi connectivity index (χ1) is 14.0. The van der Waals surface area contributed by atoms with Crippen molar-refractivity contribution in [3.63, 3.8) is 0 Å². The second kappa shape index (κ2) is 7.30. The fourth-order valence-corrected chi connectivity index (χ4v) is 3.25. The third-order valence-corrected chi connectivity index (χ3v) is 4.60. The number of rotatable bonds is 5. The second-order valence-electron chi connectivity index (χ2n) is 6.46. The Morgan fingerprint density at radius 1 is 1.17 bits per heavy atom. The van der Waals surface area contributed by atoms with Gasteiger partial charge in [-0.15, -0.1) is 0 Å². The molecule has 9 nitrogen and oxygen atoms in total. The zero-order valence-corrected chi connectivity index (χ0v) is 15.3. The number of imide groups is 1. The van der Waals surface area contributed by atoms with Gasteiger partial charge in [0, 0.05) is 5.69 Å². The van der Waals surface area contributed by atoms with E-state index in [1.807, 2.05) is 0 Å². The summed E-state index contributed by atoms with van der Waals surface area (Å²) >= 11 is 0. The van der Waals surface area contributed by atoms with Crippen molar-refractivity contribution in [1.29, 1.82) is 0 Å². The molecule has 0 aliphatic carbocycles. The molecule has 2 aliphatic rings. The van der Waals surface area contributed by atoms with Gasteiger partial charge in [0.05, 0.1) is 12.8 Å². The van der Waals surface area contributed by atoms with E-state index < -0.39 is 35.6 Å². The largest absolute Gasteiger partial charge is 0.497 e. The predicted octanol–water partition coefficient (Wildman–Crippen LogP) is 1.77. The molecule has 1 saturated heterocycles. The van der Waals surface area contributed by atoms with Gasteiger partial charge in [0.2, 0.25) is 5.91 Å². The third kappa shape index (κ3) is 3.40. The smallest absolute Gasteiger partial charge is 0.263 e. The predicted molar refractivity (Wildman–Crippen MR) is 99.7 cm³/mol. The minimum Gasteiger partial charge on any atom is -0.497 e. The zero-order valence-electron chi connectivity index (χ0n) is 15.3. The Morgan fingerprint density at radius 2 is 1.93 bits per heavy atom. The summed E-state index contributed by atoms with van der Waals surface area (Å²) < 4.78 is 18.3. The van der Waals surface area contributed by atoms with Crippen molar-refractivity contribution in [2.45, 2.75) is 12.1 Å². The van der Waals surface area contributed by atoms with E-state index in [9.17, 15) is 18.8 Å². The van der Waals surface area contributed by atoms with Crippen molar-refractivity contribution in [2.24, 2.45) is 10.3 Å². The molecular formula is C19H16FN5O4. The lowest BCUT2D eigenvalue weighted by molar-refractivity contribution is -0.123. The molecule has 4 rings (SSSR count). The highest BCUT2D eigenvalue weighted by Crippen LogP contribution is 2.32.